The average Bonchev–Trinajstić information content (AvgIpc) is 3.21. The molecule has 9 heteroatoms. The van der Waals surface area contributed by atoms with Gasteiger partial charge in [-0.3, -0.25) is 14.4 Å². The number of aromatic nitrogens is 1. The molecule has 0 bridgehead atoms. The topological polar surface area (TPSA) is 104 Å². The van der Waals surface area contributed by atoms with E-state index in [4.69, 9.17) is 11.6 Å². The number of carbonyl (C=O) groups excluding carboxylic acids is 3. The van der Waals surface area contributed by atoms with Crippen LogP contribution in [0.15, 0.2) is 54.7 Å². The van der Waals surface area contributed by atoms with E-state index < -0.39 is 5.54 Å². The number of nitrogens with one attached hydrogen (secondary N) is 4. The van der Waals surface area contributed by atoms with Crippen molar-refractivity contribution in [3.05, 3.63) is 70.9 Å². The van der Waals surface area contributed by atoms with Crippen LogP contribution in [0, 0.1) is 6.92 Å². The highest BCUT2D eigenvalue weighted by atomic mass is 35.5. The van der Waals surface area contributed by atoms with Gasteiger partial charge in [-0.1, -0.05) is 29.8 Å². The van der Waals surface area contributed by atoms with Crippen molar-refractivity contribution < 1.29 is 14.4 Å². The normalized spacial score (nSPS) is 14.8. The van der Waals surface area contributed by atoms with Gasteiger partial charge in [-0.2, -0.15) is 0 Å². The van der Waals surface area contributed by atoms with E-state index in [0.717, 1.165) is 5.52 Å². The van der Waals surface area contributed by atoms with E-state index in [1.165, 1.54) is 10.9 Å². The molecule has 0 saturated carbocycles. The SMILES string of the molecule is Cc1cn(CCC(=O)NC2(C(=O)NCCNC(=O)c3ccc(Cl)cc3)CCNCC2)c2ccccc12. The zero-order valence-electron chi connectivity index (χ0n) is 20.4. The maximum absolute atomic E-state index is 13.2. The van der Waals surface area contributed by atoms with Gasteiger partial charge in [0.15, 0.2) is 0 Å². The molecule has 36 heavy (non-hydrogen) atoms. The zero-order valence-corrected chi connectivity index (χ0v) is 21.2. The Balaban J connectivity index is 1.30. The van der Waals surface area contributed by atoms with Crippen LogP contribution in [0.1, 0.15) is 35.2 Å². The Kier molecular flexibility index (Phi) is 8.28. The van der Waals surface area contributed by atoms with Crippen molar-refractivity contribution >= 4 is 40.2 Å². The number of aryl methyl sites for hydroxylation is 2. The molecular weight excluding hydrogens is 478 g/mol. The molecule has 0 spiro atoms. The van der Waals surface area contributed by atoms with Gasteiger partial charge < -0.3 is 25.8 Å². The van der Waals surface area contributed by atoms with Crippen molar-refractivity contribution in [2.24, 2.45) is 0 Å². The Morgan fingerprint density at radius 2 is 1.69 bits per heavy atom. The highest BCUT2D eigenvalue weighted by Gasteiger charge is 2.40. The third kappa shape index (κ3) is 6.06. The molecule has 1 aliphatic heterocycles. The molecule has 2 aromatic carbocycles. The number of nitrogens with zero attached hydrogens (tertiary/aromatic N) is 1. The number of amides is 3. The molecule has 4 rings (SSSR count). The van der Waals surface area contributed by atoms with E-state index in [9.17, 15) is 14.4 Å². The Morgan fingerprint density at radius 1 is 1.00 bits per heavy atom. The second kappa shape index (κ2) is 11.6. The standard InChI is InChI=1S/C27H32ClN5O3/c1-19-18-33(23-5-3-2-4-22(19)23)17-10-24(34)32-27(11-13-29-14-12-27)26(36)31-16-15-30-25(35)20-6-8-21(28)9-7-20/h2-9,18,29H,10-17H2,1H3,(H,30,35)(H,31,36)(H,32,34). The number of rotatable bonds is 9. The summed E-state index contributed by atoms with van der Waals surface area (Å²) in [5.41, 5.74) is 1.80. The number of hydrogen-bond donors (Lipinski definition) is 4. The van der Waals surface area contributed by atoms with E-state index in [-0.39, 0.29) is 37.2 Å². The monoisotopic (exact) mass is 509 g/mol. The van der Waals surface area contributed by atoms with Crippen LogP contribution in [0.5, 0.6) is 0 Å². The fourth-order valence-electron chi connectivity index (χ4n) is 4.65. The summed E-state index contributed by atoms with van der Waals surface area (Å²) in [4.78, 5) is 38.4. The minimum atomic E-state index is -0.961. The summed E-state index contributed by atoms with van der Waals surface area (Å²) in [6.07, 6.45) is 3.35. The summed E-state index contributed by atoms with van der Waals surface area (Å²) in [7, 11) is 0. The van der Waals surface area contributed by atoms with Gasteiger partial charge in [0.1, 0.15) is 5.54 Å². The lowest BCUT2D eigenvalue weighted by Gasteiger charge is -2.37. The second-order valence-corrected chi connectivity index (χ2v) is 9.61. The summed E-state index contributed by atoms with van der Waals surface area (Å²) >= 11 is 5.86. The van der Waals surface area contributed by atoms with Gasteiger partial charge in [-0.15, -0.1) is 0 Å². The molecule has 1 saturated heterocycles. The summed E-state index contributed by atoms with van der Waals surface area (Å²) < 4.78 is 2.09. The summed E-state index contributed by atoms with van der Waals surface area (Å²) in [5.74, 6) is -0.613. The van der Waals surface area contributed by atoms with Crippen LogP contribution in [0.2, 0.25) is 5.02 Å². The van der Waals surface area contributed by atoms with Crippen molar-refractivity contribution in [1.82, 2.24) is 25.8 Å². The third-order valence-corrected chi connectivity index (χ3v) is 6.89. The lowest BCUT2D eigenvalue weighted by molar-refractivity contribution is -0.134. The van der Waals surface area contributed by atoms with Crippen LogP contribution in [0.25, 0.3) is 10.9 Å². The van der Waals surface area contributed by atoms with Crippen molar-refractivity contribution in [2.45, 2.75) is 38.3 Å². The summed E-state index contributed by atoms with van der Waals surface area (Å²) in [5, 5.41) is 13.7. The third-order valence-electron chi connectivity index (χ3n) is 6.64. The van der Waals surface area contributed by atoms with Gasteiger partial charge in [-0.05, 0) is 68.8 Å². The molecule has 1 fully saturated rings. The van der Waals surface area contributed by atoms with E-state index in [2.05, 4.69) is 45.0 Å². The molecule has 2 heterocycles. The Labute approximate surface area is 215 Å². The van der Waals surface area contributed by atoms with Gasteiger partial charge in [0, 0.05) is 53.7 Å². The first-order valence-electron chi connectivity index (χ1n) is 12.3. The fourth-order valence-corrected chi connectivity index (χ4v) is 4.78. The van der Waals surface area contributed by atoms with Crippen LogP contribution in [-0.2, 0) is 16.1 Å². The van der Waals surface area contributed by atoms with Gasteiger partial charge in [0.2, 0.25) is 11.8 Å². The largest absolute Gasteiger partial charge is 0.352 e. The minimum absolute atomic E-state index is 0.154. The molecule has 0 atom stereocenters. The van der Waals surface area contributed by atoms with Crippen molar-refractivity contribution in [1.29, 1.82) is 0 Å². The van der Waals surface area contributed by atoms with Crippen LogP contribution in [-0.4, -0.2) is 54.0 Å². The Hall–Kier alpha value is -3.36. The van der Waals surface area contributed by atoms with Gasteiger partial charge >= 0.3 is 0 Å². The molecular formula is C27H32ClN5O3. The van der Waals surface area contributed by atoms with Crippen molar-refractivity contribution in [3.63, 3.8) is 0 Å². The molecule has 3 amide bonds. The second-order valence-electron chi connectivity index (χ2n) is 9.17. The number of piperidine rings is 1. The maximum Gasteiger partial charge on any atom is 0.251 e. The summed E-state index contributed by atoms with van der Waals surface area (Å²) in [6, 6.07) is 14.7. The summed E-state index contributed by atoms with van der Waals surface area (Å²) in [6.45, 7) is 4.41. The van der Waals surface area contributed by atoms with Gasteiger partial charge in [-0.25, -0.2) is 0 Å². The van der Waals surface area contributed by atoms with E-state index in [1.807, 2.05) is 18.2 Å². The van der Waals surface area contributed by atoms with Crippen LogP contribution < -0.4 is 21.3 Å². The Bertz CT molecular complexity index is 1230. The predicted molar refractivity (Wildman–Crippen MR) is 141 cm³/mol. The van der Waals surface area contributed by atoms with Crippen molar-refractivity contribution in [3.8, 4) is 0 Å². The van der Waals surface area contributed by atoms with Crippen LogP contribution in [0.3, 0.4) is 0 Å². The smallest absolute Gasteiger partial charge is 0.251 e. The predicted octanol–water partition coefficient (Wildman–Crippen LogP) is 2.78. The highest BCUT2D eigenvalue weighted by molar-refractivity contribution is 6.30. The molecule has 1 aliphatic rings. The fraction of sp³-hybridized carbons (Fsp3) is 0.370. The first-order chi connectivity index (χ1) is 17.4. The Morgan fingerprint density at radius 3 is 2.44 bits per heavy atom. The van der Waals surface area contributed by atoms with Crippen LogP contribution >= 0.6 is 11.6 Å². The van der Waals surface area contributed by atoms with Crippen LogP contribution in [0.4, 0.5) is 0 Å². The van der Waals surface area contributed by atoms with Gasteiger partial charge in [0.05, 0.1) is 0 Å². The highest BCUT2D eigenvalue weighted by Crippen LogP contribution is 2.22. The van der Waals surface area contributed by atoms with E-state index in [1.54, 1.807) is 24.3 Å². The lowest BCUT2D eigenvalue weighted by Crippen LogP contribution is -2.63. The quantitative estimate of drug-likeness (QED) is 0.333. The van der Waals surface area contributed by atoms with Gasteiger partial charge in [0.25, 0.3) is 5.91 Å². The maximum atomic E-state index is 13.2. The van der Waals surface area contributed by atoms with Crippen molar-refractivity contribution in [2.75, 3.05) is 26.2 Å². The molecule has 0 unspecified atom stereocenters. The number of para-hydroxylation sites is 1. The molecule has 8 nitrogen and oxygen atoms in total. The first-order valence-corrected chi connectivity index (χ1v) is 12.6. The lowest BCUT2D eigenvalue weighted by atomic mass is 9.87. The van der Waals surface area contributed by atoms with E-state index in [0.29, 0.717) is 43.1 Å². The molecule has 0 aliphatic carbocycles. The number of hydrogen-bond acceptors (Lipinski definition) is 4. The minimum Gasteiger partial charge on any atom is -0.352 e. The number of fused-ring (bicyclic) bond motifs is 1. The molecule has 190 valence electrons. The number of benzene rings is 2. The molecule has 0 radical (unpaired) electrons. The molecule has 4 N–H and O–H groups in total. The average molecular weight is 510 g/mol. The number of carbonyl (C=O) groups is 3. The first kappa shape index (κ1) is 25.7. The van der Waals surface area contributed by atoms with E-state index >= 15 is 0 Å². The molecule has 3 aromatic rings. The molecule has 1 aromatic heterocycles. The zero-order chi connectivity index (χ0) is 25.5. The number of halogens is 1.